The molecule has 0 bridgehead atoms. The highest BCUT2D eigenvalue weighted by atomic mass is 16.7. The number of aliphatic hydroxyl groups excluding tert-OH is 1. The first-order valence-electron chi connectivity index (χ1n) is 3.79. The number of ether oxygens (including phenoxy) is 2. The summed E-state index contributed by atoms with van der Waals surface area (Å²) >= 11 is 0. The van der Waals surface area contributed by atoms with E-state index in [2.05, 4.69) is 0 Å². The normalized spacial score (nSPS) is 47.1. The molecule has 3 heteroatoms. The van der Waals surface area contributed by atoms with Crippen molar-refractivity contribution in [3.8, 4) is 0 Å². The molecule has 0 aromatic rings. The average Bonchev–Trinajstić information content (AvgIpc) is 2.34. The maximum absolute atomic E-state index is 9.32. The van der Waals surface area contributed by atoms with Gasteiger partial charge in [-0.05, 0) is 12.8 Å². The van der Waals surface area contributed by atoms with E-state index in [1.807, 2.05) is 0 Å². The van der Waals surface area contributed by atoms with Crippen molar-refractivity contribution >= 4 is 0 Å². The van der Waals surface area contributed by atoms with Gasteiger partial charge in [0.1, 0.15) is 0 Å². The highest BCUT2D eigenvalue weighted by molar-refractivity contribution is 4.80. The van der Waals surface area contributed by atoms with Gasteiger partial charge in [0.05, 0.1) is 12.7 Å². The van der Waals surface area contributed by atoms with E-state index in [9.17, 15) is 5.11 Å². The Balaban J connectivity index is 2.01. The van der Waals surface area contributed by atoms with Crippen LogP contribution in [-0.2, 0) is 9.47 Å². The van der Waals surface area contributed by atoms with Crippen LogP contribution in [0, 0.1) is 5.92 Å². The van der Waals surface area contributed by atoms with Crippen LogP contribution in [-0.4, -0.2) is 30.7 Å². The summed E-state index contributed by atoms with van der Waals surface area (Å²) < 4.78 is 10.5. The minimum Gasteiger partial charge on any atom is -0.390 e. The first-order valence-corrected chi connectivity index (χ1v) is 3.79. The molecule has 2 fully saturated rings. The van der Waals surface area contributed by atoms with Crippen LogP contribution in [0.5, 0.6) is 0 Å². The number of hydrogen-bond acceptors (Lipinski definition) is 3. The van der Waals surface area contributed by atoms with Crippen molar-refractivity contribution in [1.82, 2.24) is 0 Å². The predicted octanol–water partition coefficient (Wildman–Crippen LogP) is 0.130. The molecule has 0 spiro atoms. The first kappa shape index (κ1) is 6.58. The molecule has 0 aromatic heterocycles. The Hall–Kier alpha value is -0.120. The number of rotatable bonds is 0. The third-order valence-corrected chi connectivity index (χ3v) is 2.24. The summed E-state index contributed by atoms with van der Waals surface area (Å²) in [7, 11) is 0. The maximum atomic E-state index is 9.32. The van der Waals surface area contributed by atoms with E-state index in [0.717, 1.165) is 19.4 Å². The van der Waals surface area contributed by atoms with E-state index >= 15 is 0 Å². The van der Waals surface area contributed by atoms with Gasteiger partial charge in [0.25, 0.3) is 0 Å². The van der Waals surface area contributed by atoms with Crippen LogP contribution in [0.2, 0.25) is 0 Å². The summed E-state index contributed by atoms with van der Waals surface area (Å²) in [6, 6.07) is 0. The van der Waals surface area contributed by atoms with Crippen molar-refractivity contribution in [2.24, 2.45) is 5.92 Å². The lowest BCUT2D eigenvalue weighted by molar-refractivity contribution is -0.152. The minimum atomic E-state index is -0.287. The molecule has 2 heterocycles. The molecule has 3 atom stereocenters. The van der Waals surface area contributed by atoms with E-state index in [0.29, 0.717) is 6.61 Å². The van der Waals surface area contributed by atoms with Crippen molar-refractivity contribution in [2.75, 3.05) is 13.2 Å². The Morgan fingerprint density at radius 1 is 1.30 bits per heavy atom. The van der Waals surface area contributed by atoms with Crippen molar-refractivity contribution in [2.45, 2.75) is 25.2 Å². The van der Waals surface area contributed by atoms with Gasteiger partial charge in [0, 0.05) is 12.5 Å². The molecule has 3 unspecified atom stereocenters. The fraction of sp³-hybridized carbons (Fsp3) is 1.00. The van der Waals surface area contributed by atoms with E-state index < -0.39 is 0 Å². The fourth-order valence-electron chi connectivity index (χ4n) is 1.64. The van der Waals surface area contributed by atoms with Crippen LogP contribution in [0.1, 0.15) is 12.8 Å². The van der Waals surface area contributed by atoms with E-state index in [4.69, 9.17) is 9.47 Å². The smallest absolute Gasteiger partial charge is 0.163 e. The van der Waals surface area contributed by atoms with Crippen molar-refractivity contribution in [3.63, 3.8) is 0 Å². The van der Waals surface area contributed by atoms with Gasteiger partial charge in [0.15, 0.2) is 6.29 Å². The Bertz CT molecular complexity index is 124. The Morgan fingerprint density at radius 3 is 3.00 bits per heavy atom. The van der Waals surface area contributed by atoms with Crippen LogP contribution in [0.3, 0.4) is 0 Å². The fourth-order valence-corrected chi connectivity index (χ4v) is 1.64. The van der Waals surface area contributed by atoms with Crippen LogP contribution in [0.4, 0.5) is 0 Å². The zero-order valence-corrected chi connectivity index (χ0v) is 5.82. The molecule has 58 valence electrons. The van der Waals surface area contributed by atoms with Gasteiger partial charge in [-0.3, -0.25) is 0 Å². The van der Waals surface area contributed by atoms with Gasteiger partial charge in [-0.25, -0.2) is 0 Å². The molecule has 2 rings (SSSR count). The quantitative estimate of drug-likeness (QED) is 0.525. The summed E-state index contributed by atoms with van der Waals surface area (Å²) in [5, 5.41) is 9.32. The van der Waals surface area contributed by atoms with Crippen molar-refractivity contribution < 1.29 is 14.6 Å². The summed E-state index contributed by atoms with van der Waals surface area (Å²) in [5.41, 5.74) is 0. The third-order valence-electron chi connectivity index (χ3n) is 2.24. The van der Waals surface area contributed by atoms with Gasteiger partial charge in [-0.1, -0.05) is 0 Å². The van der Waals surface area contributed by atoms with E-state index in [1.165, 1.54) is 0 Å². The van der Waals surface area contributed by atoms with Gasteiger partial charge in [0.2, 0.25) is 0 Å². The highest BCUT2D eigenvalue weighted by Gasteiger charge is 2.38. The molecule has 0 aliphatic carbocycles. The third kappa shape index (κ3) is 0.944. The molecule has 0 saturated carbocycles. The van der Waals surface area contributed by atoms with Crippen molar-refractivity contribution in [3.05, 3.63) is 0 Å². The summed E-state index contributed by atoms with van der Waals surface area (Å²) in [4.78, 5) is 0. The molecule has 0 radical (unpaired) electrons. The second-order valence-corrected chi connectivity index (χ2v) is 2.95. The monoisotopic (exact) mass is 144 g/mol. The lowest BCUT2D eigenvalue weighted by Crippen LogP contribution is -2.30. The van der Waals surface area contributed by atoms with E-state index in [-0.39, 0.29) is 18.3 Å². The van der Waals surface area contributed by atoms with Gasteiger partial charge >= 0.3 is 0 Å². The van der Waals surface area contributed by atoms with Crippen LogP contribution in [0.15, 0.2) is 0 Å². The summed E-state index contributed by atoms with van der Waals surface area (Å²) in [5.74, 6) is 0.244. The maximum Gasteiger partial charge on any atom is 0.163 e. The highest BCUT2D eigenvalue weighted by Crippen LogP contribution is 2.30. The number of hydrogen-bond donors (Lipinski definition) is 1. The number of fused-ring (bicyclic) bond motifs is 1. The second-order valence-electron chi connectivity index (χ2n) is 2.95. The Morgan fingerprint density at radius 2 is 2.20 bits per heavy atom. The average molecular weight is 144 g/mol. The van der Waals surface area contributed by atoms with E-state index in [1.54, 1.807) is 0 Å². The molecule has 0 amide bonds. The first-order chi connectivity index (χ1) is 4.88. The zero-order chi connectivity index (χ0) is 6.97. The van der Waals surface area contributed by atoms with Crippen LogP contribution >= 0.6 is 0 Å². The molecule has 2 aliphatic rings. The molecule has 2 saturated heterocycles. The summed E-state index contributed by atoms with van der Waals surface area (Å²) in [6.07, 6.45) is 1.71. The van der Waals surface area contributed by atoms with Crippen molar-refractivity contribution in [1.29, 1.82) is 0 Å². The van der Waals surface area contributed by atoms with Crippen LogP contribution < -0.4 is 0 Å². The second kappa shape index (κ2) is 2.49. The molecule has 2 aliphatic heterocycles. The molecule has 1 N–H and O–H groups in total. The standard InChI is InChI=1S/C7H12O3/c8-6-4-10-7-5(6)2-1-3-9-7/h5-8H,1-4H2. The molecule has 10 heavy (non-hydrogen) atoms. The Kier molecular flexibility index (Phi) is 1.64. The largest absolute Gasteiger partial charge is 0.390 e. The predicted molar refractivity (Wildman–Crippen MR) is 34.4 cm³/mol. The topological polar surface area (TPSA) is 38.7 Å². The van der Waals surface area contributed by atoms with Gasteiger partial charge in [-0.15, -0.1) is 0 Å². The van der Waals surface area contributed by atoms with Crippen LogP contribution in [0.25, 0.3) is 0 Å². The minimum absolute atomic E-state index is 0.108. The van der Waals surface area contributed by atoms with Gasteiger partial charge in [-0.2, -0.15) is 0 Å². The van der Waals surface area contributed by atoms with Gasteiger partial charge < -0.3 is 14.6 Å². The molecular weight excluding hydrogens is 132 g/mol. The summed E-state index contributed by atoms with van der Waals surface area (Å²) in [6.45, 7) is 1.24. The Labute approximate surface area is 59.9 Å². The molecular formula is C7H12O3. The number of aliphatic hydroxyl groups is 1. The molecule has 0 aromatic carbocycles. The lowest BCUT2D eigenvalue weighted by atomic mass is 9.97. The SMILES string of the molecule is OC1COC2OCCCC12. The lowest BCUT2D eigenvalue weighted by Gasteiger charge is -2.25. The molecule has 3 nitrogen and oxygen atoms in total. The zero-order valence-electron chi connectivity index (χ0n) is 5.82.